The predicted molar refractivity (Wildman–Crippen MR) is 104 cm³/mol. The number of hydrogen-bond acceptors (Lipinski definition) is 6. The third kappa shape index (κ3) is 4.68. The Morgan fingerprint density at radius 2 is 2.04 bits per heavy atom. The van der Waals surface area contributed by atoms with Crippen LogP contribution >= 0.6 is 0 Å². The third-order valence-electron chi connectivity index (χ3n) is 4.24. The van der Waals surface area contributed by atoms with Crippen molar-refractivity contribution in [2.45, 2.75) is 32.9 Å². The van der Waals surface area contributed by atoms with Crippen LogP contribution in [0.3, 0.4) is 0 Å². The van der Waals surface area contributed by atoms with Crippen LogP contribution in [-0.2, 0) is 17.8 Å². The SMILES string of the molecule is CCc1ccccc1OC(C)C(=O)NCc1nc(-c2cccc(OC)c2)no1. The summed E-state index contributed by atoms with van der Waals surface area (Å²) >= 11 is 0. The van der Waals surface area contributed by atoms with Crippen LogP contribution in [-0.4, -0.2) is 29.3 Å². The number of aryl methyl sites for hydroxylation is 1. The van der Waals surface area contributed by atoms with Crippen LogP contribution in [0.5, 0.6) is 11.5 Å². The Bertz CT molecular complexity index is 939. The monoisotopic (exact) mass is 381 g/mol. The van der Waals surface area contributed by atoms with Gasteiger partial charge in [-0.3, -0.25) is 4.79 Å². The summed E-state index contributed by atoms with van der Waals surface area (Å²) in [4.78, 5) is 16.6. The first-order valence-electron chi connectivity index (χ1n) is 9.10. The van der Waals surface area contributed by atoms with Gasteiger partial charge in [0.05, 0.1) is 13.7 Å². The van der Waals surface area contributed by atoms with Gasteiger partial charge in [0.1, 0.15) is 11.5 Å². The van der Waals surface area contributed by atoms with Gasteiger partial charge < -0.3 is 19.3 Å². The van der Waals surface area contributed by atoms with Crippen molar-refractivity contribution in [2.75, 3.05) is 7.11 Å². The maximum absolute atomic E-state index is 12.3. The van der Waals surface area contributed by atoms with Crippen molar-refractivity contribution in [1.82, 2.24) is 15.5 Å². The second-order valence-electron chi connectivity index (χ2n) is 6.18. The molecule has 0 aliphatic rings. The van der Waals surface area contributed by atoms with Crippen molar-refractivity contribution in [2.24, 2.45) is 0 Å². The van der Waals surface area contributed by atoms with E-state index >= 15 is 0 Å². The van der Waals surface area contributed by atoms with Gasteiger partial charge >= 0.3 is 0 Å². The Labute approximate surface area is 163 Å². The van der Waals surface area contributed by atoms with E-state index in [1.807, 2.05) is 55.5 Å². The number of carbonyl (C=O) groups excluding carboxylic acids is 1. The normalized spacial score (nSPS) is 11.7. The maximum atomic E-state index is 12.3. The van der Waals surface area contributed by atoms with E-state index in [9.17, 15) is 4.79 Å². The lowest BCUT2D eigenvalue weighted by atomic mass is 10.1. The smallest absolute Gasteiger partial charge is 0.261 e. The van der Waals surface area contributed by atoms with Crippen LogP contribution < -0.4 is 14.8 Å². The van der Waals surface area contributed by atoms with Gasteiger partial charge in [0.15, 0.2) is 6.10 Å². The Balaban J connectivity index is 1.58. The van der Waals surface area contributed by atoms with E-state index in [-0.39, 0.29) is 12.5 Å². The molecule has 1 aromatic heterocycles. The van der Waals surface area contributed by atoms with Crippen LogP contribution in [0, 0.1) is 0 Å². The van der Waals surface area contributed by atoms with E-state index in [4.69, 9.17) is 14.0 Å². The number of ether oxygens (including phenoxy) is 2. The molecule has 28 heavy (non-hydrogen) atoms. The fourth-order valence-corrected chi connectivity index (χ4v) is 2.67. The molecule has 1 heterocycles. The highest BCUT2D eigenvalue weighted by atomic mass is 16.5. The molecular formula is C21H23N3O4. The number of aromatic nitrogens is 2. The summed E-state index contributed by atoms with van der Waals surface area (Å²) in [6.45, 7) is 3.87. The fraction of sp³-hybridized carbons (Fsp3) is 0.286. The maximum Gasteiger partial charge on any atom is 0.261 e. The molecule has 0 aliphatic carbocycles. The number of rotatable bonds is 8. The summed E-state index contributed by atoms with van der Waals surface area (Å²) in [5, 5.41) is 6.71. The molecule has 3 rings (SSSR count). The zero-order valence-corrected chi connectivity index (χ0v) is 16.1. The van der Waals surface area contributed by atoms with Crippen molar-refractivity contribution in [3.63, 3.8) is 0 Å². The highest BCUT2D eigenvalue weighted by Crippen LogP contribution is 2.21. The van der Waals surface area contributed by atoms with Crippen LogP contribution in [0.1, 0.15) is 25.3 Å². The van der Waals surface area contributed by atoms with Crippen molar-refractivity contribution >= 4 is 5.91 Å². The first-order valence-corrected chi connectivity index (χ1v) is 9.10. The molecule has 0 saturated heterocycles. The van der Waals surface area contributed by atoms with Gasteiger partial charge in [0.2, 0.25) is 11.7 Å². The first kappa shape index (κ1) is 19.4. The second kappa shape index (κ2) is 9.03. The van der Waals surface area contributed by atoms with Gasteiger partial charge in [-0.2, -0.15) is 4.98 Å². The van der Waals surface area contributed by atoms with E-state index in [1.165, 1.54) is 0 Å². The second-order valence-corrected chi connectivity index (χ2v) is 6.18. The molecule has 0 aliphatic heterocycles. The number of amides is 1. The van der Waals surface area contributed by atoms with Crippen molar-refractivity contribution in [1.29, 1.82) is 0 Å². The molecule has 0 saturated carbocycles. The third-order valence-corrected chi connectivity index (χ3v) is 4.24. The van der Waals surface area contributed by atoms with E-state index in [0.29, 0.717) is 23.2 Å². The van der Waals surface area contributed by atoms with Gasteiger partial charge in [0.25, 0.3) is 5.91 Å². The van der Waals surface area contributed by atoms with Gasteiger partial charge in [-0.15, -0.1) is 0 Å². The number of methoxy groups -OCH3 is 1. The van der Waals surface area contributed by atoms with Crippen LogP contribution in [0.15, 0.2) is 53.1 Å². The van der Waals surface area contributed by atoms with Gasteiger partial charge in [0, 0.05) is 5.56 Å². The molecule has 1 atom stereocenters. The lowest BCUT2D eigenvalue weighted by molar-refractivity contribution is -0.127. The minimum Gasteiger partial charge on any atom is -0.497 e. The van der Waals surface area contributed by atoms with Crippen molar-refractivity contribution in [3.8, 4) is 22.9 Å². The minimum absolute atomic E-state index is 0.124. The summed E-state index contributed by atoms with van der Waals surface area (Å²) in [5.41, 5.74) is 1.83. The Kier molecular flexibility index (Phi) is 6.26. The molecule has 7 heteroatoms. The van der Waals surface area contributed by atoms with Crippen LogP contribution in [0.4, 0.5) is 0 Å². The largest absolute Gasteiger partial charge is 0.497 e. The topological polar surface area (TPSA) is 86.5 Å². The molecule has 3 aromatic rings. The molecule has 1 unspecified atom stereocenters. The number of para-hydroxylation sites is 1. The molecular weight excluding hydrogens is 358 g/mol. The highest BCUT2D eigenvalue weighted by molar-refractivity contribution is 5.80. The lowest BCUT2D eigenvalue weighted by Crippen LogP contribution is -2.36. The minimum atomic E-state index is -0.645. The van der Waals surface area contributed by atoms with Gasteiger partial charge in [-0.25, -0.2) is 0 Å². The summed E-state index contributed by atoms with van der Waals surface area (Å²) in [7, 11) is 1.60. The number of benzene rings is 2. The van der Waals surface area contributed by atoms with Gasteiger partial charge in [-0.05, 0) is 37.1 Å². The number of nitrogens with zero attached hydrogens (tertiary/aromatic N) is 2. The molecule has 0 radical (unpaired) electrons. The molecule has 0 spiro atoms. The summed E-state index contributed by atoms with van der Waals surface area (Å²) < 4.78 is 16.2. The number of hydrogen-bond donors (Lipinski definition) is 1. The van der Waals surface area contributed by atoms with Crippen LogP contribution in [0.2, 0.25) is 0 Å². The molecule has 1 N–H and O–H groups in total. The molecule has 0 fully saturated rings. The van der Waals surface area contributed by atoms with E-state index in [1.54, 1.807) is 14.0 Å². The summed E-state index contributed by atoms with van der Waals surface area (Å²) in [6.07, 6.45) is 0.188. The van der Waals surface area contributed by atoms with E-state index < -0.39 is 6.10 Å². The molecule has 7 nitrogen and oxygen atoms in total. The zero-order chi connectivity index (χ0) is 19.9. The fourth-order valence-electron chi connectivity index (χ4n) is 2.67. The van der Waals surface area contributed by atoms with E-state index in [0.717, 1.165) is 17.5 Å². The lowest BCUT2D eigenvalue weighted by Gasteiger charge is -2.16. The molecule has 1 amide bonds. The quantitative estimate of drug-likeness (QED) is 0.644. The standard InChI is InChI=1S/C21H23N3O4/c1-4-15-8-5-6-11-18(15)27-14(2)21(25)22-13-19-23-20(24-28-19)16-9-7-10-17(12-16)26-3/h5-12,14H,4,13H2,1-3H3,(H,22,25). The average molecular weight is 381 g/mol. The summed E-state index contributed by atoms with van der Waals surface area (Å²) in [6, 6.07) is 15.0. The molecule has 146 valence electrons. The van der Waals surface area contributed by atoms with Gasteiger partial charge in [-0.1, -0.05) is 42.4 Å². The Morgan fingerprint density at radius 1 is 1.21 bits per heavy atom. The first-order chi connectivity index (χ1) is 13.6. The average Bonchev–Trinajstić information content (AvgIpc) is 3.21. The highest BCUT2D eigenvalue weighted by Gasteiger charge is 2.17. The van der Waals surface area contributed by atoms with Crippen LogP contribution in [0.25, 0.3) is 11.4 Å². The summed E-state index contributed by atoms with van der Waals surface area (Å²) in [5.74, 6) is 1.91. The Hall–Kier alpha value is -3.35. The number of nitrogens with one attached hydrogen (secondary N) is 1. The number of carbonyl (C=O) groups is 1. The zero-order valence-electron chi connectivity index (χ0n) is 16.1. The van der Waals surface area contributed by atoms with E-state index in [2.05, 4.69) is 15.5 Å². The molecule has 2 aromatic carbocycles. The predicted octanol–water partition coefficient (Wildman–Crippen LogP) is 3.39. The van der Waals surface area contributed by atoms with Crippen molar-refractivity contribution < 1.29 is 18.8 Å². The molecule has 0 bridgehead atoms. The van der Waals surface area contributed by atoms with Crippen molar-refractivity contribution in [3.05, 3.63) is 60.0 Å². The Morgan fingerprint density at radius 3 is 2.82 bits per heavy atom.